The van der Waals surface area contributed by atoms with Gasteiger partial charge < -0.3 is 26.8 Å². The van der Waals surface area contributed by atoms with Crippen molar-refractivity contribution in [2.45, 2.75) is 24.0 Å². The van der Waals surface area contributed by atoms with E-state index in [4.69, 9.17) is 21.9 Å². The molecule has 0 aliphatic carbocycles. The standard InChI is InChI=1S/C15H24N6O3S/c1-10(2)25(22,23)13-4-3-11(21-5-7-24-8-6-21)9-12(13)19-15(18)20-14(16)17/h3-4,9-10H,5-8H2,1-2H3,(H6,16,17,18,19,20). The Kier molecular flexibility index (Phi) is 5.85. The average molecular weight is 368 g/mol. The molecular weight excluding hydrogens is 344 g/mol. The Morgan fingerprint density at radius 2 is 1.84 bits per heavy atom. The molecule has 0 unspecified atom stereocenters. The lowest BCUT2D eigenvalue weighted by Crippen LogP contribution is -2.36. The van der Waals surface area contributed by atoms with E-state index in [1.54, 1.807) is 32.0 Å². The molecule has 0 radical (unpaired) electrons. The molecule has 1 fully saturated rings. The molecule has 1 heterocycles. The maximum Gasteiger partial charge on any atom is 0.223 e. The summed E-state index contributed by atoms with van der Waals surface area (Å²) < 4.78 is 30.6. The molecule has 0 saturated carbocycles. The molecule has 2 rings (SSSR count). The second-order valence-corrected chi connectivity index (χ2v) is 8.32. The predicted octanol–water partition coefficient (Wildman–Crippen LogP) is -0.0751. The van der Waals surface area contributed by atoms with Gasteiger partial charge in [-0.05, 0) is 32.0 Å². The lowest BCUT2D eigenvalue weighted by Gasteiger charge is -2.29. The third-order valence-corrected chi connectivity index (χ3v) is 5.92. The zero-order valence-corrected chi connectivity index (χ0v) is 15.2. The van der Waals surface area contributed by atoms with Crippen molar-refractivity contribution in [3.05, 3.63) is 18.2 Å². The number of nitrogens with two attached hydrogens (primary N) is 3. The Hall–Kier alpha value is -2.33. The van der Waals surface area contributed by atoms with Crippen molar-refractivity contribution in [1.29, 1.82) is 0 Å². The SMILES string of the molecule is CC(C)S(=O)(=O)c1ccc(N2CCOCC2)cc1N=C(N)N=C(N)N. The fourth-order valence-electron chi connectivity index (χ4n) is 2.39. The lowest BCUT2D eigenvalue weighted by atomic mass is 10.2. The van der Waals surface area contributed by atoms with Crippen LogP contribution in [0.15, 0.2) is 33.1 Å². The summed E-state index contributed by atoms with van der Waals surface area (Å²) in [4.78, 5) is 9.95. The van der Waals surface area contributed by atoms with E-state index in [1.165, 1.54) is 0 Å². The molecule has 1 saturated heterocycles. The third-order valence-electron chi connectivity index (χ3n) is 3.72. The van der Waals surface area contributed by atoms with Gasteiger partial charge in [0.15, 0.2) is 15.8 Å². The number of sulfone groups is 1. The molecule has 0 spiro atoms. The highest BCUT2D eigenvalue weighted by molar-refractivity contribution is 7.92. The van der Waals surface area contributed by atoms with E-state index in [0.29, 0.717) is 26.3 Å². The van der Waals surface area contributed by atoms with Crippen LogP contribution in [0.5, 0.6) is 0 Å². The fraction of sp³-hybridized carbons (Fsp3) is 0.467. The molecule has 6 N–H and O–H groups in total. The molecule has 1 aliphatic rings. The van der Waals surface area contributed by atoms with E-state index in [0.717, 1.165) is 5.69 Å². The first-order valence-electron chi connectivity index (χ1n) is 7.86. The number of rotatable bonds is 4. The van der Waals surface area contributed by atoms with Crippen LogP contribution in [0.25, 0.3) is 0 Å². The van der Waals surface area contributed by atoms with Crippen LogP contribution in [0.4, 0.5) is 11.4 Å². The summed E-state index contributed by atoms with van der Waals surface area (Å²) in [6.45, 7) is 5.86. The number of hydrogen-bond acceptors (Lipinski definition) is 5. The summed E-state index contributed by atoms with van der Waals surface area (Å²) in [5.74, 6) is -0.460. The fourth-order valence-corrected chi connectivity index (χ4v) is 3.55. The van der Waals surface area contributed by atoms with Gasteiger partial charge >= 0.3 is 0 Å². The smallest absolute Gasteiger partial charge is 0.223 e. The van der Waals surface area contributed by atoms with Crippen LogP contribution in [-0.2, 0) is 14.6 Å². The number of hydrogen-bond donors (Lipinski definition) is 3. The van der Waals surface area contributed by atoms with Crippen molar-refractivity contribution in [1.82, 2.24) is 0 Å². The van der Waals surface area contributed by atoms with E-state index in [-0.39, 0.29) is 22.5 Å². The molecule has 10 heteroatoms. The van der Waals surface area contributed by atoms with Crippen LogP contribution >= 0.6 is 0 Å². The highest BCUT2D eigenvalue weighted by Crippen LogP contribution is 2.32. The monoisotopic (exact) mass is 368 g/mol. The van der Waals surface area contributed by atoms with Gasteiger partial charge in [0.25, 0.3) is 0 Å². The van der Waals surface area contributed by atoms with Crippen LogP contribution in [-0.4, -0.2) is 51.9 Å². The maximum atomic E-state index is 12.6. The van der Waals surface area contributed by atoms with Crippen LogP contribution in [0.2, 0.25) is 0 Å². The van der Waals surface area contributed by atoms with E-state index in [9.17, 15) is 8.42 Å². The normalized spacial score (nSPS) is 16.1. The highest BCUT2D eigenvalue weighted by atomic mass is 32.2. The van der Waals surface area contributed by atoms with Crippen molar-refractivity contribution < 1.29 is 13.2 Å². The minimum atomic E-state index is -3.55. The van der Waals surface area contributed by atoms with Crippen molar-refractivity contribution >= 4 is 33.1 Å². The van der Waals surface area contributed by atoms with E-state index in [1.807, 2.05) is 0 Å². The molecule has 0 atom stereocenters. The molecule has 0 aromatic heterocycles. The number of guanidine groups is 2. The van der Waals surface area contributed by atoms with Crippen LogP contribution in [0, 0.1) is 0 Å². The van der Waals surface area contributed by atoms with E-state index < -0.39 is 15.1 Å². The molecule has 25 heavy (non-hydrogen) atoms. The van der Waals surface area contributed by atoms with Crippen LogP contribution < -0.4 is 22.1 Å². The number of ether oxygens (including phenoxy) is 1. The van der Waals surface area contributed by atoms with Crippen LogP contribution in [0.3, 0.4) is 0 Å². The highest BCUT2D eigenvalue weighted by Gasteiger charge is 2.24. The summed E-state index contributed by atoms with van der Waals surface area (Å²) in [7, 11) is -3.55. The second kappa shape index (κ2) is 7.70. The van der Waals surface area contributed by atoms with Gasteiger partial charge in [-0.3, -0.25) is 0 Å². The first-order chi connectivity index (χ1) is 11.7. The Bertz CT molecular complexity index is 778. The number of aliphatic imine (C=N–C) groups is 2. The average Bonchev–Trinajstić information content (AvgIpc) is 2.54. The summed E-state index contributed by atoms with van der Waals surface area (Å²) in [6.07, 6.45) is 0. The van der Waals surface area contributed by atoms with Crippen molar-refractivity contribution in [2.24, 2.45) is 27.2 Å². The van der Waals surface area contributed by atoms with Crippen molar-refractivity contribution in [3.8, 4) is 0 Å². The van der Waals surface area contributed by atoms with Gasteiger partial charge in [-0.15, -0.1) is 0 Å². The molecule has 138 valence electrons. The van der Waals surface area contributed by atoms with Gasteiger partial charge in [-0.1, -0.05) is 0 Å². The number of benzene rings is 1. The minimum Gasteiger partial charge on any atom is -0.378 e. The Morgan fingerprint density at radius 1 is 1.20 bits per heavy atom. The van der Waals surface area contributed by atoms with E-state index >= 15 is 0 Å². The summed E-state index contributed by atoms with van der Waals surface area (Å²) in [5.41, 5.74) is 17.3. The molecule has 1 aromatic rings. The first-order valence-corrected chi connectivity index (χ1v) is 9.41. The Balaban J connectivity index is 2.54. The summed E-state index contributed by atoms with van der Waals surface area (Å²) in [6, 6.07) is 4.98. The van der Waals surface area contributed by atoms with Gasteiger partial charge in [0.05, 0.1) is 29.0 Å². The van der Waals surface area contributed by atoms with Gasteiger partial charge in [0, 0.05) is 18.8 Å². The van der Waals surface area contributed by atoms with Gasteiger partial charge in [-0.25, -0.2) is 13.4 Å². The zero-order valence-electron chi connectivity index (χ0n) is 14.3. The molecule has 0 amide bonds. The largest absolute Gasteiger partial charge is 0.378 e. The molecule has 9 nitrogen and oxygen atoms in total. The van der Waals surface area contributed by atoms with Crippen molar-refractivity contribution in [2.75, 3.05) is 31.2 Å². The number of anilines is 1. The molecule has 1 aromatic carbocycles. The minimum absolute atomic E-state index is 0.0910. The van der Waals surface area contributed by atoms with Gasteiger partial charge in [0.1, 0.15) is 0 Å². The summed E-state index contributed by atoms with van der Waals surface area (Å²) >= 11 is 0. The summed E-state index contributed by atoms with van der Waals surface area (Å²) in [5, 5.41) is -0.597. The second-order valence-electron chi connectivity index (χ2n) is 5.85. The van der Waals surface area contributed by atoms with E-state index in [2.05, 4.69) is 14.9 Å². The number of morpholine rings is 1. The third kappa shape index (κ3) is 4.60. The molecular formula is C15H24N6O3S. The number of nitrogens with zero attached hydrogens (tertiary/aromatic N) is 3. The Labute approximate surface area is 147 Å². The van der Waals surface area contributed by atoms with Gasteiger partial charge in [0.2, 0.25) is 5.96 Å². The lowest BCUT2D eigenvalue weighted by molar-refractivity contribution is 0.122. The van der Waals surface area contributed by atoms with Gasteiger partial charge in [-0.2, -0.15) is 4.99 Å². The van der Waals surface area contributed by atoms with Crippen molar-refractivity contribution in [3.63, 3.8) is 0 Å². The maximum absolute atomic E-state index is 12.6. The quantitative estimate of drug-likeness (QED) is 0.497. The molecule has 1 aliphatic heterocycles. The first kappa shape index (κ1) is 19.0. The topological polar surface area (TPSA) is 149 Å². The Morgan fingerprint density at radius 3 is 2.40 bits per heavy atom. The molecule has 0 bridgehead atoms. The zero-order chi connectivity index (χ0) is 18.6. The predicted molar refractivity (Wildman–Crippen MR) is 98.9 cm³/mol. The van der Waals surface area contributed by atoms with Crippen LogP contribution in [0.1, 0.15) is 13.8 Å².